The number of esters is 1. The Labute approximate surface area is 149 Å². The lowest BCUT2D eigenvalue weighted by atomic mass is 10.1. The van der Waals surface area contributed by atoms with E-state index in [9.17, 15) is 22.8 Å². The second-order valence-electron chi connectivity index (χ2n) is 5.20. The van der Waals surface area contributed by atoms with Crippen molar-refractivity contribution in [2.45, 2.75) is 11.8 Å². The molecule has 2 aromatic rings. The Kier molecular flexibility index (Phi) is 4.58. The maximum Gasteiger partial charge on any atom is 0.339 e. The number of amides is 2. The van der Waals surface area contributed by atoms with Crippen molar-refractivity contribution < 1.29 is 31.8 Å². The van der Waals surface area contributed by atoms with Gasteiger partial charge in [0.15, 0.2) is 0 Å². The highest BCUT2D eigenvalue weighted by Gasteiger charge is 2.40. The number of carbonyl (C=O) groups excluding carboxylic acids is 3. The predicted octanol–water partition coefficient (Wildman–Crippen LogP) is 1.78. The molecule has 0 atom stereocenters. The lowest BCUT2D eigenvalue weighted by Gasteiger charge is -2.14. The second kappa shape index (κ2) is 6.70. The average molecular weight is 375 g/mol. The Balaban J connectivity index is 1.96. The summed E-state index contributed by atoms with van der Waals surface area (Å²) in [7, 11) is -4.64. The number of hydroxylamine groups is 2. The first-order chi connectivity index (χ1) is 12.4. The summed E-state index contributed by atoms with van der Waals surface area (Å²) in [4.78, 5) is 36.0. The van der Waals surface area contributed by atoms with Gasteiger partial charge in [-0.15, -0.1) is 9.35 Å². The summed E-state index contributed by atoms with van der Waals surface area (Å²) in [6, 6.07) is 11.1. The molecule has 3 rings (SSSR count). The molecule has 0 saturated heterocycles. The SMILES string of the molecule is CCOC(=O)c1ccccc1S(=O)(=O)ON1C(=O)c2ccccc2C1=O. The minimum Gasteiger partial charge on any atom is -0.462 e. The van der Waals surface area contributed by atoms with E-state index in [1.165, 1.54) is 42.5 Å². The Morgan fingerprint density at radius 2 is 1.50 bits per heavy atom. The predicted molar refractivity (Wildman–Crippen MR) is 87.6 cm³/mol. The van der Waals surface area contributed by atoms with Crippen molar-refractivity contribution in [3.05, 3.63) is 65.2 Å². The van der Waals surface area contributed by atoms with Gasteiger partial charge in [0, 0.05) is 0 Å². The Morgan fingerprint density at radius 1 is 0.962 bits per heavy atom. The first-order valence-corrected chi connectivity index (χ1v) is 8.96. The fourth-order valence-corrected chi connectivity index (χ4v) is 3.51. The van der Waals surface area contributed by atoms with Gasteiger partial charge >= 0.3 is 16.1 Å². The molecule has 0 aliphatic carbocycles. The second-order valence-corrected chi connectivity index (χ2v) is 6.69. The molecule has 1 aliphatic heterocycles. The van der Waals surface area contributed by atoms with Crippen molar-refractivity contribution in [3.8, 4) is 0 Å². The van der Waals surface area contributed by atoms with Gasteiger partial charge in [-0.1, -0.05) is 24.3 Å². The zero-order valence-electron chi connectivity index (χ0n) is 13.5. The normalized spacial score (nSPS) is 13.7. The molecule has 9 heteroatoms. The smallest absolute Gasteiger partial charge is 0.339 e. The minimum atomic E-state index is -4.64. The summed E-state index contributed by atoms with van der Waals surface area (Å²) in [5, 5.41) is 0.169. The quantitative estimate of drug-likeness (QED) is 0.579. The topological polar surface area (TPSA) is 107 Å². The highest BCUT2D eigenvalue weighted by Crippen LogP contribution is 2.27. The van der Waals surface area contributed by atoms with Crippen LogP contribution in [0.4, 0.5) is 0 Å². The van der Waals surface area contributed by atoms with Gasteiger partial charge in [-0.2, -0.15) is 8.42 Å². The van der Waals surface area contributed by atoms with E-state index >= 15 is 0 Å². The molecule has 0 fully saturated rings. The van der Waals surface area contributed by atoms with Crippen LogP contribution in [0.2, 0.25) is 0 Å². The maximum absolute atomic E-state index is 12.6. The van der Waals surface area contributed by atoms with E-state index in [-0.39, 0.29) is 28.4 Å². The lowest BCUT2D eigenvalue weighted by Crippen LogP contribution is -2.33. The molecule has 0 N–H and O–H groups in total. The van der Waals surface area contributed by atoms with Crippen molar-refractivity contribution in [2.24, 2.45) is 0 Å². The minimum absolute atomic E-state index is 0.0337. The molecule has 2 aromatic carbocycles. The van der Waals surface area contributed by atoms with Crippen LogP contribution in [0.3, 0.4) is 0 Å². The van der Waals surface area contributed by atoms with Gasteiger partial charge in [0.25, 0.3) is 11.8 Å². The van der Waals surface area contributed by atoms with E-state index in [4.69, 9.17) is 9.02 Å². The molecule has 0 unspecified atom stereocenters. The zero-order valence-corrected chi connectivity index (χ0v) is 14.4. The first-order valence-electron chi connectivity index (χ1n) is 7.55. The maximum atomic E-state index is 12.6. The third-order valence-corrected chi connectivity index (χ3v) is 4.82. The van der Waals surface area contributed by atoms with Crippen molar-refractivity contribution in [2.75, 3.05) is 6.61 Å². The third-order valence-electron chi connectivity index (χ3n) is 3.58. The van der Waals surface area contributed by atoms with Crippen LogP contribution >= 0.6 is 0 Å². The summed E-state index contributed by atoms with van der Waals surface area (Å²) in [6.07, 6.45) is 0. The number of imide groups is 1. The molecule has 1 heterocycles. The van der Waals surface area contributed by atoms with Crippen LogP contribution < -0.4 is 0 Å². The Morgan fingerprint density at radius 3 is 2.08 bits per heavy atom. The Hall–Kier alpha value is -3.04. The average Bonchev–Trinajstić information content (AvgIpc) is 2.87. The molecule has 0 radical (unpaired) electrons. The molecule has 0 saturated carbocycles. The van der Waals surface area contributed by atoms with E-state index in [1.54, 1.807) is 6.92 Å². The number of fused-ring (bicyclic) bond motifs is 1. The molecule has 1 aliphatic rings. The van der Waals surface area contributed by atoms with Crippen LogP contribution in [-0.2, 0) is 19.1 Å². The van der Waals surface area contributed by atoms with Gasteiger partial charge < -0.3 is 4.74 Å². The summed E-state index contributed by atoms with van der Waals surface area (Å²) in [6.45, 7) is 1.62. The van der Waals surface area contributed by atoms with E-state index in [1.807, 2.05) is 0 Å². The van der Waals surface area contributed by atoms with Gasteiger partial charge in [0.1, 0.15) is 4.90 Å². The number of nitrogens with zero attached hydrogens (tertiary/aromatic N) is 1. The lowest BCUT2D eigenvalue weighted by molar-refractivity contribution is -0.0104. The number of carbonyl (C=O) groups is 3. The van der Waals surface area contributed by atoms with Crippen molar-refractivity contribution in [1.29, 1.82) is 0 Å². The zero-order chi connectivity index (χ0) is 18.9. The Bertz CT molecular complexity index is 978. The van der Waals surface area contributed by atoms with Crippen molar-refractivity contribution in [1.82, 2.24) is 5.06 Å². The number of benzene rings is 2. The largest absolute Gasteiger partial charge is 0.462 e. The summed E-state index contributed by atoms with van der Waals surface area (Å²) < 4.78 is 34.7. The van der Waals surface area contributed by atoms with E-state index in [0.29, 0.717) is 0 Å². The van der Waals surface area contributed by atoms with Gasteiger partial charge in [-0.05, 0) is 31.2 Å². The molecule has 2 amide bonds. The highest BCUT2D eigenvalue weighted by molar-refractivity contribution is 7.86. The van der Waals surface area contributed by atoms with Gasteiger partial charge in [0.05, 0.1) is 23.3 Å². The van der Waals surface area contributed by atoms with E-state index < -0.39 is 32.8 Å². The first kappa shape index (κ1) is 17.8. The van der Waals surface area contributed by atoms with Crippen LogP contribution in [0.1, 0.15) is 38.0 Å². The van der Waals surface area contributed by atoms with Crippen LogP contribution in [-0.4, -0.2) is 37.9 Å². The summed E-state index contributed by atoms with van der Waals surface area (Å²) in [5.41, 5.74) is -0.191. The molecule has 8 nitrogen and oxygen atoms in total. The number of ether oxygens (including phenoxy) is 1. The van der Waals surface area contributed by atoms with Crippen LogP contribution in [0.5, 0.6) is 0 Å². The van der Waals surface area contributed by atoms with Gasteiger partial charge in [0.2, 0.25) is 0 Å². The van der Waals surface area contributed by atoms with Gasteiger partial charge in [-0.25, -0.2) is 4.79 Å². The van der Waals surface area contributed by atoms with E-state index in [2.05, 4.69) is 0 Å². The van der Waals surface area contributed by atoms with Crippen molar-refractivity contribution in [3.63, 3.8) is 0 Å². The van der Waals surface area contributed by atoms with Crippen LogP contribution in [0, 0.1) is 0 Å². The van der Waals surface area contributed by atoms with Gasteiger partial charge in [-0.3, -0.25) is 9.59 Å². The monoisotopic (exact) mass is 375 g/mol. The molecular formula is C17H13NO7S. The number of rotatable bonds is 5. The molecule has 0 aromatic heterocycles. The number of hydrogen-bond acceptors (Lipinski definition) is 7. The molecule has 0 bridgehead atoms. The molecule has 0 spiro atoms. The summed E-state index contributed by atoms with van der Waals surface area (Å²) >= 11 is 0. The number of hydrogen-bond donors (Lipinski definition) is 0. The van der Waals surface area contributed by atoms with Crippen molar-refractivity contribution >= 4 is 27.9 Å². The molecular weight excluding hydrogens is 362 g/mol. The molecule has 26 heavy (non-hydrogen) atoms. The highest BCUT2D eigenvalue weighted by atomic mass is 32.2. The van der Waals surface area contributed by atoms with Crippen LogP contribution in [0.25, 0.3) is 0 Å². The van der Waals surface area contributed by atoms with Crippen LogP contribution in [0.15, 0.2) is 53.4 Å². The van der Waals surface area contributed by atoms with E-state index in [0.717, 1.165) is 6.07 Å². The summed E-state index contributed by atoms with van der Waals surface area (Å²) in [5.74, 6) is -2.66. The fraction of sp³-hybridized carbons (Fsp3) is 0.118. The fourth-order valence-electron chi connectivity index (χ4n) is 2.44. The third kappa shape index (κ3) is 2.98. The molecule has 134 valence electrons. The standard InChI is InChI=1S/C17H13NO7S/c1-2-24-17(21)13-9-5-6-10-14(13)26(22,23)25-18-15(19)11-7-3-4-8-12(11)16(18)20/h3-10H,2H2,1H3.